The fourth-order valence-electron chi connectivity index (χ4n) is 3.04. The van der Waals surface area contributed by atoms with Crippen molar-refractivity contribution in [1.82, 2.24) is 4.90 Å². The number of rotatable bonds is 3. The number of carbonyl (C=O) groups excluding carboxylic acids is 1. The van der Waals surface area contributed by atoms with E-state index in [-0.39, 0.29) is 30.4 Å². The molecule has 3 rings (SSSR count). The number of hydrogen-bond donors (Lipinski definition) is 1. The Morgan fingerprint density at radius 3 is 2.74 bits per heavy atom. The van der Waals surface area contributed by atoms with E-state index in [0.717, 1.165) is 18.5 Å². The normalized spacial score (nSPS) is 22.0. The van der Waals surface area contributed by atoms with Crippen molar-refractivity contribution in [2.24, 2.45) is 0 Å². The molecule has 6 heteroatoms. The monoisotopic (exact) mass is 313 g/mol. The van der Waals surface area contributed by atoms with Gasteiger partial charge in [0.2, 0.25) is 11.7 Å². The molecule has 2 unspecified atom stereocenters. The summed E-state index contributed by atoms with van der Waals surface area (Å²) in [6.45, 7) is 5.70. The van der Waals surface area contributed by atoms with Gasteiger partial charge in [-0.05, 0) is 26.0 Å². The Bertz CT molecular complexity index is 752. The number of furan rings is 1. The number of nitrogens with one attached hydrogen (secondary N) is 1. The third-order valence-corrected chi connectivity index (χ3v) is 3.82. The molecule has 1 N–H and O–H groups in total. The summed E-state index contributed by atoms with van der Waals surface area (Å²) < 4.78 is 11.1. The number of amides is 1. The first-order chi connectivity index (χ1) is 11.1. The molecule has 0 saturated carbocycles. The van der Waals surface area contributed by atoms with Gasteiger partial charge in [-0.1, -0.05) is 12.1 Å². The number of morpholine rings is 1. The molecule has 1 fully saturated rings. The highest BCUT2D eigenvalue weighted by molar-refractivity contribution is 6.03. The van der Waals surface area contributed by atoms with Gasteiger partial charge >= 0.3 is 0 Å². The topological polar surface area (TPSA) is 78.5 Å². The highest BCUT2D eigenvalue weighted by Gasteiger charge is 2.24. The molecule has 2 atom stereocenters. The van der Waals surface area contributed by atoms with Gasteiger partial charge in [0.1, 0.15) is 17.3 Å². The van der Waals surface area contributed by atoms with Crippen LogP contribution in [-0.4, -0.2) is 42.6 Å². The fraction of sp³-hybridized carbons (Fsp3) is 0.412. The molecule has 1 aromatic heterocycles. The van der Waals surface area contributed by atoms with Crippen LogP contribution in [0.3, 0.4) is 0 Å². The quantitative estimate of drug-likeness (QED) is 0.941. The smallest absolute Gasteiger partial charge is 0.238 e. The van der Waals surface area contributed by atoms with Crippen molar-refractivity contribution < 1.29 is 13.9 Å². The lowest BCUT2D eigenvalue weighted by atomic mass is 10.2. The number of anilines is 1. The minimum Gasteiger partial charge on any atom is -0.443 e. The Balaban J connectivity index is 1.74. The lowest BCUT2D eigenvalue weighted by Gasteiger charge is -2.34. The SMILES string of the molecule is CC1CN(CC(=O)Nc2c(C#N)oc3ccccc23)CC(C)O1. The Kier molecular flexibility index (Phi) is 4.33. The first-order valence-corrected chi connectivity index (χ1v) is 7.66. The van der Waals surface area contributed by atoms with E-state index < -0.39 is 0 Å². The number of carbonyl (C=O) groups is 1. The van der Waals surface area contributed by atoms with Crippen molar-refractivity contribution in [3.05, 3.63) is 30.0 Å². The fourth-order valence-corrected chi connectivity index (χ4v) is 3.04. The van der Waals surface area contributed by atoms with Crippen molar-refractivity contribution in [3.8, 4) is 6.07 Å². The van der Waals surface area contributed by atoms with Crippen LogP contribution >= 0.6 is 0 Å². The van der Waals surface area contributed by atoms with E-state index in [4.69, 9.17) is 9.15 Å². The molecule has 6 nitrogen and oxygen atoms in total. The number of benzene rings is 1. The second-order valence-corrected chi connectivity index (χ2v) is 5.91. The third kappa shape index (κ3) is 3.36. The molecule has 120 valence electrons. The van der Waals surface area contributed by atoms with E-state index in [1.54, 1.807) is 6.07 Å². The maximum Gasteiger partial charge on any atom is 0.238 e. The standard InChI is InChI=1S/C17H19N3O3/c1-11-8-20(9-12(2)22-11)10-16(21)19-17-13-5-3-4-6-14(13)23-15(17)7-18/h3-6,11-12H,8-10H2,1-2H3,(H,19,21). The van der Waals surface area contributed by atoms with E-state index in [1.165, 1.54) is 0 Å². The lowest BCUT2D eigenvalue weighted by molar-refractivity contribution is -0.121. The Labute approximate surface area is 134 Å². The average Bonchev–Trinajstić information content (AvgIpc) is 2.84. The Morgan fingerprint density at radius 2 is 2.04 bits per heavy atom. The lowest BCUT2D eigenvalue weighted by Crippen LogP contribution is -2.48. The molecule has 0 bridgehead atoms. The summed E-state index contributed by atoms with van der Waals surface area (Å²) in [6.07, 6.45) is 0.215. The summed E-state index contributed by atoms with van der Waals surface area (Å²) in [5.74, 6) is -0.0300. The molecule has 0 radical (unpaired) electrons. The van der Waals surface area contributed by atoms with Crippen molar-refractivity contribution >= 4 is 22.6 Å². The summed E-state index contributed by atoms with van der Waals surface area (Å²) in [4.78, 5) is 14.4. The second-order valence-electron chi connectivity index (χ2n) is 5.91. The van der Waals surface area contributed by atoms with Gasteiger partial charge in [-0.2, -0.15) is 5.26 Å². The van der Waals surface area contributed by atoms with Crippen molar-refractivity contribution in [2.45, 2.75) is 26.1 Å². The number of para-hydroxylation sites is 1. The van der Waals surface area contributed by atoms with Crippen LogP contribution in [0.15, 0.2) is 28.7 Å². The minimum absolute atomic E-state index is 0.107. The number of hydrogen-bond acceptors (Lipinski definition) is 5. The van der Waals surface area contributed by atoms with Crippen LogP contribution in [0.25, 0.3) is 11.0 Å². The van der Waals surface area contributed by atoms with Gasteiger partial charge in [-0.25, -0.2) is 0 Å². The second kappa shape index (κ2) is 6.41. The summed E-state index contributed by atoms with van der Waals surface area (Å²) in [5, 5.41) is 12.8. The zero-order valence-electron chi connectivity index (χ0n) is 13.2. The van der Waals surface area contributed by atoms with Crippen LogP contribution in [0.4, 0.5) is 5.69 Å². The van der Waals surface area contributed by atoms with Crippen LogP contribution in [0.1, 0.15) is 19.6 Å². The molecule has 1 amide bonds. The van der Waals surface area contributed by atoms with Gasteiger partial charge in [-0.15, -0.1) is 0 Å². The third-order valence-electron chi connectivity index (χ3n) is 3.82. The van der Waals surface area contributed by atoms with Gasteiger partial charge in [0, 0.05) is 18.5 Å². The van der Waals surface area contributed by atoms with E-state index in [2.05, 4.69) is 10.2 Å². The van der Waals surface area contributed by atoms with Gasteiger partial charge in [-0.3, -0.25) is 9.69 Å². The Hall–Kier alpha value is -2.36. The van der Waals surface area contributed by atoms with E-state index >= 15 is 0 Å². The first-order valence-electron chi connectivity index (χ1n) is 7.66. The summed E-state index contributed by atoms with van der Waals surface area (Å²) in [7, 11) is 0. The van der Waals surface area contributed by atoms with Gasteiger partial charge in [0.15, 0.2) is 0 Å². The van der Waals surface area contributed by atoms with Crippen LogP contribution in [0, 0.1) is 11.3 Å². The number of nitriles is 1. The molecule has 1 saturated heterocycles. The molecular formula is C17H19N3O3. The minimum atomic E-state index is -0.158. The van der Waals surface area contributed by atoms with Crippen LogP contribution in [-0.2, 0) is 9.53 Å². The predicted molar refractivity (Wildman–Crippen MR) is 86.0 cm³/mol. The van der Waals surface area contributed by atoms with E-state index in [9.17, 15) is 10.1 Å². The number of nitrogens with zero attached hydrogens (tertiary/aromatic N) is 2. The van der Waals surface area contributed by atoms with Gasteiger partial charge in [0.05, 0.1) is 18.8 Å². The van der Waals surface area contributed by atoms with E-state index in [0.29, 0.717) is 11.3 Å². The maximum absolute atomic E-state index is 12.4. The molecule has 1 aliphatic rings. The first kappa shape index (κ1) is 15.5. The molecule has 0 aliphatic carbocycles. The molecule has 1 aromatic carbocycles. The molecule has 2 aromatic rings. The van der Waals surface area contributed by atoms with Crippen LogP contribution in [0.5, 0.6) is 0 Å². The summed E-state index contributed by atoms with van der Waals surface area (Å²) in [5.41, 5.74) is 1.04. The van der Waals surface area contributed by atoms with Crippen molar-refractivity contribution in [3.63, 3.8) is 0 Å². The van der Waals surface area contributed by atoms with E-state index in [1.807, 2.05) is 38.1 Å². The maximum atomic E-state index is 12.4. The predicted octanol–water partition coefficient (Wildman–Crippen LogP) is 2.35. The zero-order valence-corrected chi connectivity index (χ0v) is 13.2. The average molecular weight is 313 g/mol. The van der Waals surface area contributed by atoms with Crippen LogP contribution in [0.2, 0.25) is 0 Å². The largest absolute Gasteiger partial charge is 0.443 e. The molecule has 1 aliphatic heterocycles. The number of fused-ring (bicyclic) bond motifs is 1. The zero-order chi connectivity index (χ0) is 16.4. The summed E-state index contributed by atoms with van der Waals surface area (Å²) in [6, 6.07) is 9.27. The van der Waals surface area contributed by atoms with Crippen molar-refractivity contribution in [1.29, 1.82) is 5.26 Å². The summed E-state index contributed by atoms with van der Waals surface area (Å²) >= 11 is 0. The van der Waals surface area contributed by atoms with Crippen molar-refractivity contribution in [2.75, 3.05) is 25.0 Å². The molecular weight excluding hydrogens is 294 g/mol. The Morgan fingerprint density at radius 1 is 1.35 bits per heavy atom. The number of ether oxygens (including phenoxy) is 1. The molecule has 23 heavy (non-hydrogen) atoms. The van der Waals surface area contributed by atoms with Gasteiger partial charge in [0.25, 0.3) is 0 Å². The highest BCUT2D eigenvalue weighted by atomic mass is 16.5. The molecule has 2 heterocycles. The van der Waals surface area contributed by atoms with Gasteiger partial charge < -0.3 is 14.5 Å². The highest BCUT2D eigenvalue weighted by Crippen LogP contribution is 2.30. The molecule has 0 spiro atoms. The van der Waals surface area contributed by atoms with Crippen LogP contribution < -0.4 is 5.32 Å².